The minimum absolute atomic E-state index is 0.170. The molecule has 1 aromatic carbocycles. The fourth-order valence-corrected chi connectivity index (χ4v) is 4.38. The van der Waals surface area contributed by atoms with Crippen LogP contribution in [0.5, 0.6) is 11.5 Å². The highest BCUT2D eigenvalue weighted by atomic mass is 16.5. The van der Waals surface area contributed by atoms with E-state index in [4.69, 9.17) is 9.15 Å². The summed E-state index contributed by atoms with van der Waals surface area (Å²) in [5, 5.41) is 10.5. The van der Waals surface area contributed by atoms with Gasteiger partial charge in [0.2, 0.25) is 0 Å². The molecule has 1 fully saturated rings. The molecular weight excluding hydrogens is 472 g/mol. The van der Waals surface area contributed by atoms with E-state index in [9.17, 15) is 19.5 Å². The van der Waals surface area contributed by atoms with E-state index >= 15 is 0 Å². The summed E-state index contributed by atoms with van der Waals surface area (Å²) in [6, 6.07) is 8.78. The number of hydrogen-bond acceptors (Lipinski definition) is 7. The van der Waals surface area contributed by atoms with Crippen molar-refractivity contribution in [1.82, 2.24) is 0 Å². The Morgan fingerprint density at radius 1 is 1.16 bits per heavy atom. The number of benzene rings is 1. The lowest BCUT2D eigenvalue weighted by Gasteiger charge is -2.11. The molecule has 37 heavy (non-hydrogen) atoms. The van der Waals surface area contributed by atoms with E-state index in [1.807, 2.05) is 37.3 Å². The van der Waals surface area contributed by atoms with Crippen molar-refractivity contribution in [3.05, 3.63) is 75.4 Å². The first-order valence-corrected chi connectivity index (χ1v) is 12.8. The van der Waals surface area contributed by atoms with Crippen molar-refractivity contribution >= 4 is 17.8 Å². The fourth-order valence-electron chi connectivity index (χ4n) is 4.38. The van der Waals surface area contributed by atoms with Gasteiger partial charge in [0.15, 0.2) is 5.78 Å². The molecule has 1 unspecified atom stereocenters. The molecule has 198 valence electrons. The molecule has 0 bridgehead atoms. The monoisotopic (exact) mass is 508 g/mol. The quantitative estimate of drug-likeness (QED) is 0.157. The van der Waals surface area contributed by atoms with Crippen LogP contribution in [0.25, 0.3) is 6.08 Å². The third-order valence-electron chi connectivity index (χ3n) is 6.69. The maximum atomic E-state index is 13.0. The molecule has 1 N–H and O–H groups in total. The topological polar surface area (TPSA) is 103 Å². The maximum absolute atomic E-state index is 13.0. The largest absolute Gasteiger partial charge is 0.507 e. The smallest absolute Gasteiger partial charge is 0.351 e. The van der Waals surface area contributed by atoms with Crippen molar-refractivity contribution in [3.63, 3.8) is 0 Å². The number of aromatic hydroxyl groups is 1. The van der Waals surface area contributed by atoms with Gasteiger partial charge in [0, 0.05) is 12.0 Å². The van der Waals surface area contributed by atoms with Crippen LogP contribution in [0.15, 0.2) is 57.3 Å². The fraction of sp³-hybridized carbons (Fsp3) is 0.433. The predicted molar refractivity (Wildman–Crippen MR) is 142 cm³/mol. The van der Waals surface area contributed by atoms with E-state index in [-0.39, 0.29) is 23.9 Å². The zero-order valence-electron chi connectivity index (χ0n) is 21.8. The zero-order chi connectivity index (χ0) is 26.8. The van der Waals surface area contributed by atoms with E-state index in [1.165, 1.54) is 38.9 Å². The van der Waals surface area contributed by atoms with Gasteiger partial charge in [0.05, 0.1) is 20.1 Å². The second-order valence-electron chi connectivity index (χ2n) is 9.61. The van der Waals surface area contributed by atoms with Crippen molar-refractivity contribution < 1.29 is 28.6 Å². The normalized spacial score (nSPS) is 15.2. The van der Waals surface area contributed by atoms with Gasteiger partial charge >= 0.3 is 11.6 Å². The molecule has 0 spiro atoms. The molecule has 7 heteroatoms. The Labute approximate surface area is 217 Å². The zero-order valence-corrected chi connectivity index (χ0v) is 21.8. The van der Waals surface area contributed by atoms with Crippen LogP contribution in [0.3, 0.4) is 0 Å². The van der Waals surface area contributed by atoms with Crippen LogP contribution in [0, 0.1) is 5.92 Å². The van der Waals surface area contributed by atoms with Crippen LogP contribution < -0.4 is 10.4 Å². The van der Waals surface area contributed by atoms with Gasteiger partial charge in [0.1, 0.15) is 22.8 Å². The third-order valence-corrected chi connectivity index (χ3v) is 6.69. The molecule has 0 aliphatic heterocycles. The van der Waals surface area contributed by atoms with E-state index in [2.05, 4.69) is 4.74 Å². The number of rotatable bonds is 12. The Hall–Kier alpha value is -3.61. The molecule has 1 heterocycles. The Kier molecular flexibility index (Phi) is 10.3. The van der Waals surface area contributed by atoms with E-state index < -0.39 is 17.2 Å². The average molecular weight is 509 g/mol. The lowest BCUT2D eigenvalue weighted by atomic mass is 9.99. The Morgan fingerprint density at radius 2 is 1.86 bits per heavy atom. The Balaban J connectivity index is 1.61. The molecule has 3 rings (SSSR count). The van der Waals surface area contributed by atoms with Gasteiger partial charge < -0.3 is 19.0 Å². The van der Waals surface area contributed by atoms with Crippen molar-refractivity contribution in [1.29, 1.82) is 0 Å². The first-order valence-electron chi connectivity index (χ1n) is 12.8. The molecule has 1 atom stereocenters. The first kappa shape index (κ1) is 28.0. The lowest BCUT2D eigenvalue weighted by Crippen LogP contribution is -2.16. The maximum Gasteiger partial charge on any atom is 0.351 e. The second kappa shape index (κ2) is 13.6. The highest BCUT2D eigenvalue weighted by Crippen LogP contribution is 2.27. The molecule has 1 aliphatic carbocycles. The van der Waals surface area contributed by atoms with Gasteiger partial charge in [-0.3, -0.25) is 9.59 Å². The third kappa shape index (κ3) is 8.20. The number of carbonyl (C=O) groups excluding carboxylic acids is 2. The van der Waals surface area contributed by atoms with Gasteiger partial charge in [-0.1, -0.05) is 44.1 Å². The van der Waals surface area contributed by atoms with Crippen molar-refractivity contribution in [3.8, 4) is 11.5 Å². The molecule has 0 saturated heterocycles. The summed E-state index contributed by atoms with van der Waals surface area (Å²) in [5.74, 6) is 0.251. The Morgan fingerprint density at radius 3 is 2.51 bits per heavy atom. The number of methoxy groups -OCH3 is 1. The molecule has 2 aromatic rings. The molecule has 1 aromatic heterocycles. The van der Waals surface area contributed by atoms with Crippen molar-refractivity contribution in [2.45, 2.75) is 64.7 Å². The SMILES string of the molecule is COC(=O)C/C=C/CCC(C)c1cc(O)c(C(=O)C(C)=Cc2ccc(OCC3CCCC3)cc2)c(=O)o1. The summed E-state index contributed by atoms with van der Waals surface area (Å²) in [6.45, 7) is 4.19. The summed E-state index contributed by atoms with van der Waals surface area (Å²) in [6.07, 6.45) is 11.7. The van der Waals surface area contributed by atoms with Gasteiger partial charge in [0.25, 0.3) is 0 Å². The standard InChI is InChI=1S/C30H36O7/c1-20(9-5-4-6-12-27(32)35-3)26-18-25(31)28(30(34)37-26)29(33)21(2)17-22-13-15-24(16-14-22)36-19-23-10-7-8-11-23/h4,6,13-18,20,23,31H,5,7-12,19H2,1-3H3/b6-4+,21-17?. The summed E-state index contributed by atoms with van der Waals surface area (Å²) in [4.78, 5) is 36.7. The van der Waals surface area contributed by atoms with Crippen LogP contribution in [0.4, 0.5) is 0 Å². The highest BCUT2D eigenvalue weighted by molar-refractivity contribution is 6.12. The highest BCUT2D eigenvalue weighted by Gasteiger charge is 2.22. The molecule has 1 saturated carbocycles. The van der Waals surface area contributed by atoms with E-state index in [1.54, 1.807) is 19.1 Å². The molecule has 0 radical (unpaired) electrons. The number of ketones is 1. The van der Waals surface area contributed by atoms with Crippen molar-refractivity contribution in [2.75, 3.05) is 13.7 Å². The summed E-state index contributed by atoms with van der Waals surface area (Å²) >= 11 is 0. The number of Topliss-reactive ketones (excluding diaryl/α,β-unsaturated/α-hetero) is 1. The van der Waals surface area contributed by atoms with Gasteiger partial charge in [-0.05, 0) is 67.9 Å². The number of allylic oxidation sites excluding steroid dienone is 2. The lowest BCUT2D eigenvalue weighted by molar-refractivity contribution is -0.139. The number of ether oxygens (including phenoxy) is 2. The molecular formula is C30H36O7. The minimum Gasteiger partial charge on any atom is -0.507 e. The molecule has 0 amide bonds. The summed E-state index contributed by atoms with van der Waals surface area (Å²) in [5.41, 5.74) is -0.150. The van der Waals surface area contributed by atoms with E-state index in [0.29, 0.717) is 30.1 Å². The van der Waals surface area contributed by atoms with Crippen LogP contribution >= 0.6 is 0 Å². The van der Waals surface area contributed by atoms with Crippen LogP contribution in [0.2, 0.25) is 0 Å². The number of esters is 1. The minimum atomic E-state index is -0.864. The van der Waals surface area contributed by atoms with Gasteiger partial charge in [-0.2, -0.15) is 0 Å². The number of hydrogen-bond donors (Lipinski definition) is 1. The van der Waals surface area contributed by atoms with Crippen LogP contribution in [-0.4, -0.2) is 30.6 Å². The summed E-state index contributed by atoms with van der Waals surface area (Å²) in [7, 11) is 1.34. The van der Waals surface area contributed by atoms with Gasteiger partial charge in [-0.15, -0.1) is 0 Å². The van der Waals surface area contributed by atoms with Crippen LogP contribution in [-0.2, 0) is 9.53 Å². The van der Waals surface area contributed by atoms with Crippen LogP contribution in [0.1, 0.15) is 86.4 Å². The van der Waals surface area contributed by atoms with Crippen molar-refractivity contribution in [2.24, 2.45) is 5.92 Å². The predicted octanol–water partition coefficient (Wildman–Crippen LogP) is 6.20. The average Bonchev–Trinajstić information content (AvgIpc) is 3.41. The van der Waals surface area contributed by atoms with E-state index in [0.717, 1.165) is 17.9 Å². The molecule has 7 nitrogen and oxygen atoms in total. The first-order chi connectivity index (χ1) is 17.8. The number of carbonyl (C=O) groups is 2. The van der Waals surface area contributed by atoms with Gasteiger partial charge in [-0.25, -0.2) is 4.79 Å². The Bertz CT molecular complexity index is 1180. The summed E-state index contributed by atoms with van der Waals surface area (Å²) < 4.78 is 15.9. The molecule has 1 aliphatic rings. The second-order valence-corrected chi connectivity index (χ2v) is 9.61.